The summed E-state index contributed by atoms with van der Waals surface area (Å²) in [5, 5.41) is 5.00. The normalized spacial score (nSPS) is 11.9. The number of rotatable bonds is 6. The first-order chi connectivity index (χ1) is 11.3. The Balaban J connectivity index is 1.73. The van der Waals surface area contributed by atoms with Crippen LogP contribution in [0, 0.1) is 0 Å². The van der Waals surface area contributed by atoms with E-state index in [-0.39, 0.29) is 11.8 Å². The summed E-state index contributed by atoms with van der Waals surface area (Å²) in [6.07, 6.45) is 1.65. The molecule has 2 aromatic heterocycles. The van der Waals surface area contributed by atoms with Crippen molar-refractivity contribution in [2.24, 2.45) is 0 Å². The SMILES string of the molecule is COc1cccc(C(=O)NCC(c2ccco2)c2cccs2)c1. The third-order valence-corrected chi connectivity index (χ3v) is 4.56. The maximum Gasteiger partial charge on any atom is 0.251 e. The fourth-order valence-electron chi connectivity index (χ4n) is 2.38. The summed E-state index contributed by atoms with van der Waals surface area (Å²) in [7, 11) is 1.58. The molecule has 0 aliphatic heterocycles. The number of methoxy groups -OCH3 is 1. The predicted octanol–water partition coefficient (Wildman–Crippen LogP) is 3.91. The number of carbonyl (C=O) groups excluding carboxylic acids is 1. The van der Waals surface area contributed by atoms with Crippen LogP contribution >= 0.6 is 11.3 Å². The van der Waals surface area contributed by atoms with E-state index in [4.69, 9.17) is 9.15 Å². The van der Waals surface area contributed by atoms with Gasteiger partial charge in [-0.2, -0.15) is 0 Å². The van der Waals surface area contributed by atoms with Crippen LogP contribution in [0.3, 0.4) is 0 Å². The lowest BCUT2D eigenvalue weighted by Gasteiger charge is -2.14. The molecule has 23 heavy (non-hydrogen) atoms. The van der Waals surface area contributed by atoms with E-state index >= 15 is 0 Å². The fourth-order valence-corrected chi connectivity index (χ4v) is 3.22. The van der Waals surface area contributed by atoms with Crippen LogP contribution in [0.4, 0.5) is 0 Å². The summed E-state index contributed by atoms with van der Waals surface area (Å²) in [6.45, 7) is 0.476. The van der Waals surface area contributed by atoms with E-state index in [9.17, 15) is 4.79 Å². The molecule has 1 N–H and O–H groups in total. The van der Waals surface area contributed by atoms with Gasteiger partial charge in [-0.1, -0.05) is 12.1 Å². The number of thiophene rings is 1. The zero-order valence-corrected chi connectivity index (χ0v) is 13.5. The Morgan fingerprint density at radius 1 is 1.26 bits per heavy atom. The Hall–Kier alpha value is -2.53. The van der Waals surface area contributed by atoms with E-state index in [2.05, 4.69) is 11.4 Å². The molecule has 2 heterocycles. The second-order valence-corrected chi connectivity index (χ2v) is 6.00. The molecule has 0 spiro atoms. The van der Waals surface area contributed by atoms with Crippen LogP contribution in [0.5, 0.6) is 5.75 Å². The molecule has 1 aromatic carbocycles. The van der Waals surface area contributed by atoms with Gasteiger partial charge in [0.15, 0.2) is 0 Å². The summed E-state index contributed by atoms with van der Waals surface area (Å²) < 4.78 is 10.7. The van der Waals surface area contributed by atoms with E-state index in [0.29, 0.717) is 17.9 Å². The van der Waals surface area contributed by atoms with Crippen LogP contribution in [0.15, 0.2) is 64.6 Å². The van der Waals surface area contributed by atoms with Crippen LogP contribution in [-0.2, 0) is 0 Å². The van der Waals surface area contributed by atoms with Crippen molar-refractivity contribution in [1.82, 2.24) is 5.32 Å². The highest BCUT2D eigenvalue weighted by Gasteiger charge is 2.19. The Morgan fingerprint density at radius 2 is 2.17 bits per heavy atom. The van der Waals surface area contributed by atoms with Crippen molar-refractivity contribution >= 4 is 17.2 Å². The smallest absolute Gasteiger partial charge is 0.251 e. The van der Waals surface area contributed by atoms with Gasteiger partial charge in [0.2, 0.25) is 0 Å². The van der Waals surface area contributed by atoms with Crippen LogP contribution in [-0.4, -0.2) is 19.6 Å². The second-order valence-electron chi connectivity index (χ2n) is 5.03. The van der Waals surface area contributed by atoms with Gasteiger partial charge in [0.1, 0.15) is 11.5 Å². The minimum Gasteiger partial charge on any atom is -0.497 e. The Kier molecular flexibility index (Phi) is 4.78. The van der Waals surface area contributed by atoms with Gasteiger partial charge >= 0.3 is 0 Å². The van der Waals surface area contributed by atoms with Gasteiger partial charge in [0.25, 0.3) is 5.91 Å². The zero-order chi connectivity index (χ0) is 16.1. The number of benzene rings is 1. The summed E-state index contributed by atoms with van der Waals surface area (Å²) in [4.78, 5) is 13.5. The van der Waals surface area contributed by atoms with Gasteiger partial charge in [-0.25, -0.2) is 0 Å². The van der Waals surface area contributed by atoms with E-state index < -0.39 is 0 Å². The Labute approximate surface area is 138 Å². The van der Waals surface area contributed by atoms with Crippen molar-refractivity contribution in [2.45, 2.75) is 5.92 Å². The summed E-state index contributed by atoms with van der Waals surface area (Å²) in [5.41, 5.74) is 0.578. The summed E-state index contributed by atoms with van der Waals surface area (Å²) in [5.74, 6) is 1.40. The lowest BCUT2D eigenvalue weighted by Crippen LogP contribution is -2.28. The third kappa shape index (κ3) is 3.63. The minimum absolute atomic E-state index is 0.0135. The highest BCUT2D eigenvalue weighted by atomic mass is 32.1. The standard InChI is InChI=1S/C18H17NO3S/c1-21-14-6-2-5-13(11-14)18(20)19-12-15(16-7-3-9-22-16)17-8-4-10-23-17/h2-11,15H,12H2,1H3,(H,19,20). The fraction of sp³-hybridized carbons (Fsp3) is 0.167. The lowest BCUT2D eigenvalue weighted by atomic mass is 10.0. The van der Waals surface area contributed by atoms with Crippen LogP contribution in [0.25, 0.3) is 0 Å². The van der Waals surface area contributed by atoms with Crippen molar-refractivity contribution in [2.75, 3.05) is 13.7 Å². The van der Waals surface area contributed by atoms with Gasteiger partial charge in [0, 0.05) is 17.0 Å². The molecule has 0 bridgehead atoms. The molecule has 0 aliphatic rings. The third-order valence-electron chi connectivity index (χ3n) is 3.57. The molecule has 0 saturated carbocycles. The highest BCUT2D eigenvalue weighted by molar-refractivity contribution is 7.10. The minimum atomic E-state index is -0.128. The number of carbonyl (C=O) groups is 1. The Bertz CT molecular complexity index is 716. The molecular weight excluding hydrogens is 310 g/mol. The first kappa shape index (κ1) is 15.4. The predicted molar refractivity (Wildman–Crippen MR) is 90.2 cm³/mol. The summed E-state index contributed by atoms with van der Waals surface area (Å²) >= 11 is 1.65. The first-order valence-electron chi connectivity index (χ1n) is 7.27. The molecule has 1 unspecified atom stereocenters. The van der Waals surface area contributed by atoms with Gasteiger partial charge in [0.05, 0.1) is 19.3 Å². The number of nitrogens with one attached hydrogen (secondary N) is 1. The van der Waals surface area contributed by atoms with Crippen molar-refractivity contribution < 1.29 is 13.9 Å². The largest absolute Gasteiger partial charge is 0.497 e. The topological polar surface area (TPSA) is 51.5 Å². The van der Waals surface area contributed by atoms with Crippen molar-refractivity contribution in [3.8, 4) is 5.75 Å². The molecular formula is C18H17NO3S. The average molecular weight is 327 g/mol. The molecule has 118 valence electrons. The Morgan fingerprint density at radius 3 is 2.87 bits per heavy atom. The number of hydrogen-bond acceptors (Lipinski definition) is 4. The molecule has 0 fully saturated rings. The quantitative estimate of drug-likeness (QED) is 0.747. The second kappa shape index (κ2) is 7.15. The molecule has 3 rings (SSSR count). The zero-order valence-electron chi connectivity index (χ0n) is 12.7. The molecule has 5 heteroatoms. The molecule has 1 atom stereocenters. The number of hydrogen-bond donors (Lipinski definition) is 1. The van der Waals surface area contributed by atoms with Gasteiger partial charge < -0.3 is 14.5 Å². The average Bonchev–Trinajstić information content (AvgIpc) is 3.29. The number of amides is 1. The van der Waals surface area contributed by atoms with Crippen molar-refractivity contribution in [1.29, 1.82) is 0 Å². The highest BCUT2D eigenvalue weighted by Crippen LogP contribution is 2.28. The number of ether oxygens (including phenoxy) is 1. The van der Waals surface area contributed by atoms with E-state index in [0.717, 1.165) is 10.6 Å². The summed E-state index contributed by atoms with van der Waals surface area (Å²) in [6, 6.07) is 15.0. The van der Waals surface area contributed by atoms with Gasteiger partial charge in [-0.05, 0) is 41.8 Å². The van der Waals surface area contributed by atoms with Gasteiger partial charge in [-0.3, -0.25) is 4.79 Å². The molecule has 3 aromatic rings. The van der Waals surface area contributed by atoms with Crippen LogP contribution in [0.2, 0.25) is 0 Å². The lowest BCUT2D eigenvalue weighted by molar-refractivity contribution is 0.0951. The molecule has 1 amide bonds. The van der Waals surface area contributed by atoms with Crippen molar-refractivity contribution in [3.63, 3.8) is 0 Å². The maximum atomic E-state index is 12.4. The number of furan rings is 1. The molecule has 4 nitrogen and oxygen atoms in total. The maximum absolute atomic E-state index is 12.4. The van der Waals surface area contributed by atoms with Crippen molar-refractivity contribution in [3.05, 3.63) is 76.4 Å². The van der Waals surface area contributed by atoms with E-state index in [1.165, 1.54) is 0 Å². The van der Waals surface area contributed by atoms with E-state index in [1.807, 2.05) is 29.6 Å². The van der Waals surface area contributed by atoms with Crippen LogP contribution < -0.4 is 10.1 Å². The molecule has 0 aliphatic carbocycles. The molecule has 0 saturated heterocycles. The van der Waals surface area contributed by atoms with Gasteiger partial charge in [-0.15, -0.1) is 11.3 Å². The van der Waals surface area contributed by atoms with E-state index in [1.54, 1.807) is 42.9 Å². The monoisotopic (exact) mass is 327 g/mol. The first-order valence-corrected chi connectivity index (χ1v) is 8.15. The van der Waals surface area contributed by atoms with Crippen LogP contribution in [0.1, 0.15) is 26.9 Å². The molecule has 0 radical (unpaired) electrons.